The van der Waals surface area contributed by atoms with Crippen molar-refractivity contribution in [2.24, 2.45) is 0 Å². The highest BCUT2D eigenvalue weighted by molar-refractivity contribution is 9.10. The van der Waals surface area contributed by atoms with Crippen LogP contribution >= 0.6 is 15.9 Å². The molecule has 0 spiro atoms. The second kappa shape index (κ2) is 3.16. The third-order valence-electron chi connectivity index (χ3n) is 2.68. The molecule has 74 valence electrons. The average molecular weight is 255 g/mol. The van der Waals surface area contributed by atoms with E-state index >= 15 is 0 Å². The molecule has 1 aliphatic carbocycles. The second-order valence-corrected chi connectivity index (χ2v) is 4.65. The number of halogens is 1. The maximum Gasteiger partial charge on any atom is 0.162 e. The first kappa shape index (κ1) is 8.60. The van der Waals surface area contributed by atoms with Gasteiger partial charge in [0.15, 0.2) is 11.5 Å². The molecule has 1 aliphatic heterocycles. The van der Waals surface area contributed by atoms with E-state index in [1.54, 1.807) is 0 Å². The highest BCUT2D eigenvalue weighted by atomic mass is 79.9. The van der Waals surface area contributed by atoms with Crippen molar-refractivity contribution in [3.63, 3.8) is 0 Å². The van der Waals surface area contributed by atoms with E-state index in [2.05, 4.69) is 22.0 Å². The molecule has 2 nitrogen and oxygen atoms in total. The van der Waals surface area contributed by atoms with Gasteiger partial charge >= 0.3 is 0 Å². The summed E-state index contributed by atoms with van der Waals surface area (Å²) in [6, 6.07) is 4.15. The van der Waals surface area contributed by atoms with Crippen LogP contribution in [0.2, 0.25) is 0 Å². The van der Waals surface area contributed by atoms with Crippen LogP contribution in [0.1, 0.15) is 24.3 Å². The number of hydrogen-bond donors (Lipinski definition) is 0. The fraction of sp³-hybridized carbons (Fsp3) is 0.455. The first-order valence-corrected chi connectivity index (χ1v) is 5.73. The van der Waals surface area contributed by atoms with Crippen molar-refractivity contribution in [3.05, 3.63) is 22.2 Å². The summed E-state index contributed by atoms with van der Waals surface area (Å²) in [6.45, 7) is 1.32. The van der Waals surface area contributed by atoms with Crippen molar-refractivity contribution < 1.29 is 9.47 Å². The number of benzene rings is 1. The van der Waals surface area contributed by atoms with Gasteiger partial charge in [0.2, 0.25) is 0 Å². The third kappa shape index (κ3) is 1.40. The quantitative estimate of drug-likeness (QED) is 0.767. The largest absolute Gasteiger partial charge is 0.486 e. The molecular formula is C11H11BrO2. The van der Waals surface area contributed by atoms with Gasteiger partial charge in [0, 0.05) is 4.47 Å². The number of hydrogen-bond acceptors (Lipinski definition) is 2. The summed E-state index contributed by atoms with van der Waals surface area (Å²) in [5, 5.41) is 0. The van der Waals surface area contributed by atoms with E-state index in [0.717, 1.165) is 21.9 Å². The minimum Gasteiger partial charge on any atom is -0.486 e. The van der Waals surface area contributed by atoms with Gasteiger partial charge in [-0.05, 0) is 36.5 Å². The fourth-order valence-electron chi connectivity index (χ4n) is 1.79. The SMILES string of the molecule is Brc1cc2c(cc1C1CC1)OCCO2. The molecule has 0 amide bonds. The Morgan fingerprint density at radius 3 is 2.36 bits per heavy atom. The number of rotatable bonds is 1. The predicted octanol–water partition coefficient (Wildman–Crippen LogP) is 3.10. The van der Waals surface area contributed by atoms with Crippen LogP contribution in [0.5, 0.6) is 11.5 Å². The maximum atomic E-state index is 5.55. The Hall–Kier alpha value is -0.700. The third-order valence-corrected chi connectivity index (χ3v) is 3.37. The van der Waals surface area contributed by atoms with E-state index in [0.29, 0.717) is 13.2 Å². The lowest BCUT2D eigenvalue weighted by Gasteiger charge is -2.19. The summed E-state index contributed by atoms with van der Waals surface area (Å²) in [5.41, 5.74) is 1.37. The van der Waals surface area contributed by atoms with E-state index in [-0.39, 0.29) is 0 Å². The standard InChI is InChI=1S/C11H11BrO2/c12-9-6-11-10(13-3-4-14-11)5-8(9)7-1-2-7/h5-7H,1-4H2. The first-order chi connectivity index (χ1) is 6.84. The zero-order valence-corrected chi connectivity index (χ0v) is 9.34. The summed E-state index contributed by atoms with van der Waals surface area (Å²) >= 11 is 3.58. The minimum atomic E-state index is 0.655. The summed E-state index contributed by atoms with van der Waals surface area (Å²) in [5.74, 6) is 2.51. The van der Waals surface area contributed by atoms with E-state index in [1.807, 2.05) is 6.07 Å². The monoisotopic (exact) mass is 254 g/mol. The molecular weight excluding hydrogens is 244 g/mol. The molecule has 0 atom stereocenters. The number of fused-ring (bicyclic) bond motifs is 1. The zero-order chi connectivity index (χ0) is 9.54. The van der Waals surface area contributed by atoms with Crippen LogP contribution < -0.4 is 9.47 Å². The van der Waals surface area contributed by atoms with Gasteiger partial charge in [0.1, 0.15) is 13.2 Å². The molecule has 0 N–H and O–H groups in total. The van der Waals surface area contributed by atoms with Crippen LogP contribution in [0.25, 0.3) is 0 Å². The minimum absolute atomic E-state index is 0.655. The summed E-state index contributed by atoms with van der Waals surface area (Å²) < 4.78 is 12.2. The van der Waals surface area contributed by atoms with Crippen LogP contribution in [-0.4, -0.2) is 13.2 Å². The Labute approximate surface area is 91.3 Å². The summed E-state index contributed by atoms with van der Waals surface area (Å²) in [7, 11) is 0. The lowest BCUT2D eigenvalue weighted by molar-refractivity contribution is 0.171. The van der Waals surface area contributed by atoms with Crippen molar-refractivity contribution in [3.8, 4) is 11.5 Å². The van der Waals surface area contributed by atoms with Crippen molar-refractivity contribution in [1.29, 1.82) is 0 Å². The molecule has 0 unspecified atom stereocenters. The van der Waals surface area contributed by atoms with Gasteiger partial charge in [0.25, 0.3) is 0 Å². The van der Waals surface area contributed by atoms with Crippen LogP contribution in [0, 0.1) is 0 Å². The zero-order valence-electron chi connectivity index (χ0n) is 7.75. The topological polar surface area (TPSA) is 18.5 Å². The first-order valence-electron chi connectivity index (χ1n) is 4.93. The lowest BCUT2D eigenvalue weighted by Crippen LogP contribution is -2.15. The molecule has 1 fully saturated rings. The average Bonchev–Trinajstić information content (AvgIpc) is 3.00. The normalized spacial score (nSPS) is 19.5. The van der Waals surface area contributed by atoms with E-state index in [4.69, 9.17) is 9.47 Å². The Morgan fingerprint density at radius 1 is 1.07 bits per heavy atom. The molecule has 1 aromatic rings. The summed E-state index contributed by atoms with van der Waals surface area (Å²) in [4.78, 5) is 0. The molecule has 3 heteroatoms. The van der Waals surface area contributed by atoms with Crippen LogP contribution in [0.15, 0.2) is 16.6 Å². The van der Waals surface area contributed by atoms with Crippen molar-refractivity contribution >= 4 is 15.9 Å². The van der Waals surface area contributed by atoms with Gasteiger partial charge in [-0.25, -0.2) is 0 Å². The van der Waals surface area contributed by atoms with Crippen molar-refractivity contribution in [2.75, 3.05) is 13.2 Å². The van der Waals surface area contributed by atoms with Crippen LogP contribution in [0.3, 0.4) is 0 Å². The van der Waals surface area contributed by atoms with E-state index in [9.17, 15) is 0 Å². The summed E-state index contributed by atoms with van der Waals surface area (Å²) in [6.07, 6.45) is 2.61. The van der Waals surface area contributed by atoms with Gasteiger partial charge in [-0.2, -0.15) is 0 Å². The lowest BCUT2D eigenvalue weighted by atomic mass is 10.1. The van der Waals surface area contributed by atoms with Gasteiger partial charge < -0.3 is 9.47 Å². The molecule has 1 aromatic carbocycles. The molecule has 0 aromatic heterocycles. The van der Waals surface area contributed by atoms with Gasteiger partial charge in [-0.3, -0.25) is 0 Å². The highest BCUT2D eigenvalue weighted by Gasteiger charge is 2.27. The Bertz CT molecular complexity index is 372. The molecule has 1 saturated carbocycles. The fourth-order valence-corrected chi connectivity index (χ4v) is 2.43. The van der Waals surface area contributed by atoms with Crippen molar-refractivity contribution in [1.82, 2.24) is 0 Å². The van der Waals surface area contributed by atoms with Gasteiger partial charge in [-0.15, -0.1) is 0 Å². The molecule has 0 radical (unpaired) electrons. The molecule has 0 saturated heterocycles. The molecule has 1 heterocycles. The molecule has 2 aliphatic rings. The highest BCUT2D eigenvalue weighted by Crippen LogP contribution is 2.47. The van der Waals surface area contributed by atoms with Crippen molar-refractivity contribution in [2.45, 2.75) is 18.8 Å². The Morgan fingerprint density at radius 2 is 1.71 bits per heavy atom. The van der Waals surface area contributed by atoms with E-state index in [1.165, 1.54) is 18.4 Å². The maximum absolute atomic E-state index is 5.55. The Balaban J connectivity index is 2.05. The second-order valence-electron chi connectivity index (χ2n) is 3.79. The molecule has 3 rings (SSSR count). The molecule has 0 bridgehead atoms. The smallest absolute Gasteiger partial charge is 0.162 e. The predicted molar refractivity (Wildman–Crippen MR) is 57.1 cm³/mol. The van der Waals surface area contributed by atoms with Crippen LogP contribution in [-0.2, 0) is 0 Å². The van der Waals surface area contributed by atoms with E-state index < -0.39 is 0 Å². The molecule has 14 heavy (non-hydrogen) atoms. The van der Waals surface area contributed by atoms with Crippen LogP contribution in [0.4, 0.5) is 0 Å². The van der Waals surface area contributed by atoms with Gasteiger partial charge in [0.05, 0.1) is 0 Å². The van der Waals surface area contributed by atoms with Gasteiger partial charge in [-0.1, -0.05) is 15.9 Å². The number of ether oxygens (including phenoxy) is 2. The Kier molecular flexibility index (Phi) is 1.94.